The van der Waals surface area contributed by atoms with E-state index >= 15 is 0 Å². The van der Waals surface area contributed by atoms with E-state index in [2.05, 4.69) is 10.4 Å². The van der Waals surface area contributed by atoms with Gasteiger partial charge in [-0.2, -0.15) is 5.10 Å². The predicted molar refractivity (Wildman–Crippen MR) is 96.9 cm³/mol. The van der Waals surface area contributed by atoms with Gasteiger partial charge in [-0.1, -0.05) is 53.0 Å². The maximum absolute atomic E-state index is 13.6. The molecule has 25 heavy (non-hydrogen) atoms. The van der Waals surface area contributed by atoms with Crippen LogP contribution in [0.15, 0.2) is 48.7 Å². The van der Waals surface area contributed by atoms with Crippen molar-refractivity contribution in [2.75, 3.05) is 5.32 Å². The Kier molecular flexibility index (Phi) is 5.06. The van der Waals surface area contributed by atoms with Gasteiger partial charge in [0.2, 0.25) is 0 Å². The standard InChI is InChI=1S/C18H14Cl2FN3O/c1-11-3-2-4-12(7-11)10-24-17(5-6-22-24)23-18(25)13-8-16(21)15(20)9-14(13)19/h2-9H,10H2,1H3,(H,23,25). The Labute approximate surface area is 154 Å². The van der Waals surface area contributed by atoms with Gasteiger partial charge in [0.05, 0.1) is 28.4 Å². The van der Waals surface area contributed by atoms with Gasteiger partial charge < -0.3 is 5.32 Å². The number of carbonyl (C=O) groups excluding carboxylic acids is 1. The van der Waals surface area contributed by atoms with E-state index in [0.29, 0.717) is 12.4 Å². The molecule has 1 amide bonds. The molecule has 1 N–H and O–H groups in total. The first kappa shape index (κ1) is 17.5. The van der Waals surface area contributed by atoms with Gasteiger partial charge in [-0.25, -0.2) is 9.07 Å². The average molecular weight is 378 g/mol. The summed E-state index contributed by atoms with van der Waals surface area (Å²) < 4.78 is 15.3. The lowest BCUT2D eigenvalue weighted by Gasteiger charge is -2.11. The number of amides is 1. The Morgan fingerprint density at radius 3 is 2.76 bits per heavy atom. The van der Waals surface area contributed by atoms with Crippen molar-refractivity contribution in [2.45, 2.75) is 13.5 Å². The Morgan fingerprint density at radius 1 is 1.20 bits per heavy atom. The maximum atomic E-state index is 13.6. The highest BCUT2D eigenvalue weighted by atomic mass is 35.5. The topological polar surface area (TPSA) is 46.9 Å². The van der Waals surface area contributed by atoms with E-state index in [1.807, 2.05) is 31.2 Å². The van der Waals surface area contributed by atoms with Crippen LogP contribution in [0.1, 0.15) is 21.5 Å². The van der Waals surface area contributed by atoms with Crippen molar-refractivity contribution in [3.8, 4) is 0 Å². The van der Waals surface area contributed by atoms with E-state index in [-0.39, 0.29) is 15.6 Å². The van der Waals surface area contributed by atoms with E-state index in [9.17, 15) is 9.18 Å². The van der Waals surface area contributed by atoms with Crippen molar-refractivity contribution in [2.24, 2.45) is 0 Å². The monoisotopic (exact) mass is 377 g/mol. The van der Waals surface area contributed by atoms with Gasteiger partial charge in [0, 0.05) is 6.07 Å². The van der Waals surface area contributed by atoms with Crippen LogP contribution < -0.4 is 5.32 Å². The number of nitrogens with one attached hydrogen (secondary N) is 1. The van der Waals surface area contributed by atoms with Gasteiger partial charge in [-0.05, 0) is 24.6 Å². The number of halogens is 3. The summed E-state index contributed by atoms with van der Waals surface area (Å²) in [6, 6.07) is 11.9. The predicted octanol–water partition coefficient (Wildman–Crippen LogP) is 4.94. The Bertz CT molecular complexity index is 940. The molecule has 0 saturated heterocycles. The van der Waals surface area contributed by atoms with E-state index in [4.69, 9.17) is 23.2 Å². The highest BCUT2D eigenvalue weighted by Gasteiger charge is 2.16. The molecule has 1 aromatic heterocycles. The summed E-state index contributed by atoms with van der Waals surface area (Å²) in [7, 11) is 0. The van der Waals surface area contributed by atoms with Crippen molar-refractivity contribution in [1.82, 2.24) is 9.78 Å². The van der Waals surface area contributed by atoms with Crippen LogP contribution in [0.5, 0.6) is 0 Å². The molecule has 0 unspecified atom stereocenters. The molecule has 0 spiro atoms. The van der Waals surface area contributed by atoms with E-state index in [1.54, 1.807) is 16.9 Å². The van der Waals surface area contributed by atoms with E-state index in [0.717, 1.165) is 17.2 Å². The van der Waals surface area contributed by atoms with Gasteiger partial charge in [0.15, 0.2) is 0 Å². The van der Waals surface area contributed by atoms with Crippen molar-refractivity contribution < 1.29 is 9.18 Å². The number of benzene rings is 2. The second kappa shape index (κ2) is 7.25. The maximum Gasteiger partial charge on any atom is 0.258 e. The lowest BCUT2D eigenvalue weighted by molar-refractivity contribution is 0.102. The minimum atomic E-state index is -0.704. The van der Waals surface area contributed by atoms with E-state index in [1.165, 1.54) is 6.07 Å². The molecule has 0 saturated carbocycles. The Morgan fingerprint density at radius 2 is 2.00 bits per heavy atom. The summed E-state index contributed by atoms with van der Waals surface area (Å²) in [5.41, 5.74) is 2.19. The number of hydrogen-bond donors (Lipinski definition) is 1. The summed E-state index contributed by atoms with van der Waals surface area (Å²) >= 11 is 11.6. The van der Waals surface area contributed by atoms with Crippen LogP contribution in [0, 0.1) is 12.7 Å². The van der Waals surface area contributed by atoms with Gasteiger partial charge in [0.25, 0.3) is 5.91 Å². The summed E-state index contributed by atoms with van der Waals surface area (Å²) in [6.45, 7) is 2.50. The zero-order valence-electron chi connectivity index (χ0n) is 13.3. The lowest BCUT2D eigenvalue weighted by Crippen LogP contribution is -2.17. The van der Waals surface area contributed by atoms with Crippen molar-refractivity contribution in [3.05, 3.63) is 81.2 Å². The molecule has 0 aliphatic rings. The highest BCUT2D eigenvalue weighted by molar-refractivity contribution is 6.37. The third kappa shape index (κ3) is 4.00. The molecule has 2 aromatic carbocycles. The van der Waals surface area contributed by atoms with Gasteiger partial charge in [0.1, 0.15) is 11.6 Å². The van der Waals surface area contributed by atoms with Crippen molar-refractivity contribution in [3.63, 3.8) is 0 Å². The fourth-order valence-electron chi connectivity index (χ4n) is 2.43. The molecule has 1 heterocycles. The minimum absolute atomic E-state index is 0.00636. The molecule has 7 heteroatoms. The molecule has 3 rings (SSSR count). The van der Waals surface area contributed by atoms with Crippen LogP contribution in [0.2, 0.25) is 10.0 Å². The minimum Gasteiger partial charge on any atom is -0.307 e. The average Bonchev–Trinajstić information content (AvgIpc) is 2.97. The van der Waals surface area contributed by atoms with Crippen LogP contribution >= 0.6 is 23.2 Å². The normalized spacial score (nSPS) is 10.7. The fraction of sp³-hybridized carbons (Fsp3) is 0.111. The SMILES string of the molecule is Cc1cccc(Cn2nccc2NC(=O)c2cc(F)c(Cl)cc2Cl)c1. The quantitative estimate of drug-likeness (QED) is 0.654. The second-order valence-electron chi connectivity index (χ2n) is 5.56. The molecule has 0 radical (unpaired) electrons. The Balaban J connectivity index is 1.81. The summed E-state index contributed by atoms with van der Waals surface area (Å²) in [5.74, 6) is -0.756. The molecular weight excluding hydrogens is 364 g/mol. The smallest absolute Gasteiger partial charge is 0.258 e. The van der Waals surface area contributed by atoms with Crippen LogP contribution in [0.25, 0.3) is 0 Å². The summed E-state index contributed by atoms with van der Waals surface area (Å²) in [6.07, 6.45) is 1.58. The van der Waals surface area contributed by atoms with Crippen LogP contribution in [-0.4, -0.2) is 15.7 Å². The molecule has 0 bridgehead atoms. The molecule has 0 aliphatic heterocycles. The third-order valence-corrected chi connectivity index (χ3v) is 4.23. The molecular formula is C18H14Cl2FN3O. The molecule has 0 fully saturated rings. The molecule has 0 aliphatic carbocycles. The first-order chi connectivity index (χ1) is 11.9. The molecule has 0 atom stereocenters. The van der Waals surface area contributed by atoms with Crippen LogP contribution in [-0.2, 0) is 6.54 Å². The van der Waals surface area contributed by atoms with Crippen LogP contribution in [0.3, 0.4) is 0 Å². The number of nitrogens with zero attached hydrogens (tertiary/aromatic N) is 2. The number of anilines is 1. The van der Waals surface area contributed by atoms with Crippen molar-refractivity contribution >= 4 is 34.9 Å². The molecule has 128 valence electrons. The van der Waals surface area contributed by atoms with Crippen LogP contribution in [0.4, 0.5) is 10.2 Å². The zero-order valence-corrected chi connectivity index (χ0v) is 14.8. The fourth-order valence-corrected chi connectivity index (χ4v) is 2.90. The first-order valence-electron chi connectivity index (χ1n) is 7.47. The second-order valence-corrected chi connectivity index (χ2v) is 6.38. The summed E-state index contributed by atoms with van der Waals surface area (Å²) in [4.78, 5) is 12.4. The lowest BCUT2D eigenvalue weighted by atomic mass is 10.1. The zero-order chi connectivity index (χ0) is 18.0. The van der Waals surface area contributed by atoms with Crippen molar-refractivity contribution in [1.29, 1.82) is 0 Å². The Hall–Kier alpha value is -2.37. The summed E-state index contributed by atoms with van der Waals surface area (Å²) in [5, 5.41) is 6.86. The highest BCUT2D eigenvalue weighted by Crippen LogP contribution is 2.25. The van der Waals surface area contributed by atoms with Gasteiger partial charge in [-0.15, -0.1) is 0 Å². The van der Waals surface area contributed by atoms with Gasteiger partial charge >= 0.3 is 0 Å². The number of rotatable bonds is 4. The number of hydrogen-bond acceptors (Lipinski definition) is 2. The third-order valence-electron chi connectivity index (χ3n) is 3.63. The first-order valence-corrected chi connectivity index (χ1v) is 8.23. The number of aryl methyl sites for hydroxylation is 1. The number of aromatic nitrogens is 2. The molecule has 3 aromatic rings. The molecule has 4 nitrogen and oxygen atoms in total. The van der Waals surface area contributed by atoms with E-state index < -0.39 is 11.7 Å². The largest absolute Gasteiger partial charge is 0.307 e. The number of carbonyl (C=O) groups is 1. The van der Waals surface area contributed by atoms with Gasteiger partial charge in [-0.3, -0.25) is 4.79 Å².